The second-order valence-corrected chi connectivity index (χ2v) is 7.80. The van der Waals surface area contributed by atoms with Crippen molar-refractivity contribution in [3.63, 3.8) is 0 Å². The lowest BCUT2D eigenvalue weighted by molar-refractivity contribution is -0.126. The molecule has 168 valence electrons. The van der Waals surface area contributed by atoms with Crippen molar-refractivity contribution in [2.24, 2.45) is 11.8 Å². The molecule has 0 aromatic heterocycles. The monoisotopic (exact) mass is 419 g/mol. The van der Waals surface area contributed by atoms with Crippen molar-refractivity contribution in [2.45, 2.75) is 52.7 Å². The molecule has 30 heavy (non-hydrogen) atoms. The van der Waals surface area contributed by atoms with E-state index in [4.69, 9.17) is 14.2 Å². The third-order valence-electron chi connectivity index (χ3n) is 4.88. The van der Waals surface area contributed by atoms with E-state index in [0.29, 0.717) is 5.92 Å². The van der Waals surface area contributed by atoms with Crippen LogP contribution in [0.1, 0.15) is 45.6 Å². The second-order valence-electron chi connectivity index (χ2n) is 7.80. The molecule has 1 aromatic rings. The molecule has 1 amide bonds. The summed E-state index contributed by atoms with van der Waals surface area (Å²) in [6.45, 7) is 10.5. The molecule has 0 saturated heterocycles. The van der Waals surface area contributed by atoms with Crippen molar-refractivity contribution in [2.75, 3.05) is 21.0 Å². The van der Waals surface area contributed by atoms with Gasteiger partial charge in [-0.25, -0.2) is 0 Å². The number of methoxy groups -OCH3 is 2. The zero-order valence-electron chi connectivity index (χ0n) is 18.9. The number of amides is 1. The van der Waals surface area contributed by atoms with E-state index in [9.17, 15) is 9.90 Å². The maximum atomic E-state index is 12.6. The van der Waals surface area contributed by atoms with Crippen LogP contribution in [0, 0.1) is 11.8 Å². The Kier molecular flexibility index (Phi) is 11.9. The minimum atomic E-state index is -0.963. The van der Waals surface area contributed by atoms with Crippen molar-refractivity contribution < 1.29 is 24.1 Å². The Morgan fingerprint density at radius 3 is 2.47 bits per heavy atom. The number of carbonyl (C=O) groups is 1. The van der Waals surface area contributed by atoms with Crippen LogP contribution in [0.3, 0.4) is 0 Å². The fourth-order valence-corrected chi connectivity index (χ4v) is 2.90. The molecule has 0 aliphatic rings. The lowest BCUT2D eigenvalue weighted by atomic mass is 9.91. The van der Waals surface area contributed by atoms with Gasteiger partial charge in [0.25, 0.3) is 0 Å². The van der Waals surface area contributed by atoms with Gasteiger partial charge in [-0.3, -0.25) is 4.79 Å². The number of aliphatic hydroxyl groups excluding tert-OH is 1. The SMILES string of the molecule is C=C(OCc1ccc(OC)cc1)[C@H](O)C[C@H](C(=O)NCOC)C(C)=CCCC(C)C. The highest BCUT2D eigenvalue weighted by Gasteiger charge is 2.25. The molecule has 1 rings (SSSR count). The molecule has 2 N–H and O–H groups in total. The number of aliphatic hydroxyl groups is 1. The molecular formula is C24H37NO5. The lowest BCUT2D eigenvalue weighted by Crippen LogP contribution is -2.35. The van der Waals surface area contributed by atoms with Crippen molar-refractivity contribution in [1.82, 2.24) is 5.32 Å². The molecule has 0 fully saturated rings. The van der Waals surface area contributed by atoms with Gasteiger partial charge in [0.2, 0.25) is 5.91 Å². The summed E-state index contributed by atoms with van der Waals surface area (Å²) < 4.78 is 15.7. The van der Waals surface area contributed by atoms with E-state index in [1.807, 2.05) is 31.2 Å². The largest absolute Gasteiger partial charge is 0.497 e. The van der Waals surface area contributed by atoms with Gasteiger partial charge >= 0.3 is 0 Å². The van der Waals surface area contributed by atoms with E-state index in [1.54, 1.807) is 7.11 Å². The van der Waals surface area contributed by atoms with E-state index < -0.39 is 12.0 Å². The van der Waals surface area contributed by atoms with E-state index in [0.717, 1.165) is 29.7 Å². The molecule has 1 aromatic carbocycles. The number of hydrogen-bond donors (Lipinski definition) is 2. The zero-order chi connectivity index (χ0) is 22.5. The predicted octanol–water partition coefficient (Wildman–Crippen LogP) is 4.20. The quantitative estimate of drug-likeness (QED) is 0.269. The first-order chi connectivity index (χ1) is 14.3. The molecule has 0 saturated carbocycles. The molecule has 0 radical (unpaired) electrons. The molecule has 6 nitrogen and oxygen atoms in total. The predicted molar refractivity (Wildman–Crippen MR) is 119 cm³/mol. The minimum Gasteiger partial charge on any atom is -0.497 e. The van der Waals surface area contributed by atoms with Crippen molar-refractivity contribution in [3.8, 4) is 5.75 Å². The van der Waals surface area contributed by atoms with Gasteiger partial charge in [0.15, 0.2) is 0 Å². The maximum Gasteiger partial charge on any atom is 0.229 e. The molecule has 0 bridgehead atoms. The van der Waals surface area contributed by atoms with Crippen LogP contribution in [-0.4, -0.2) is 38.1 Å². The third kappa shape index (κ3) is 9.46. The highest BCUT2D eigenvalue weighted by Crippen LogP contribution is 2.23. The number of hydrogen-bond acceptors (Lipinski definition) is 5. The Labute approximate surface area is 180 Å². The summed E-state index contributed by atoms with van der Waals surface area (Å²) in [5.41, 5.74) is 1.86. The van der Waals surface area contributed by atoms with Crippen molar-refractivity contribution in [3.05, 3.63) is 53.8 Å². The van der Waals surface area contributed by atoms with Gasteiger partial charge in [-0.05, 0) is 49.8 Å². The zero-order valence-corrected chi connectivity index (χ0v) is 18.9. The van der Waals surface area contributed by atoms with Crippen LogP contribution >= 0.6 is 0 Å². The van der Waals surface area contributed by atoms with Crippen LogP contribution in [0.4, 0.5) is 0 Å². The number of ether oxygens (including phenoxy) is 3. The second kappa shape index (κ2) is 13.8. The Morgan fingerprint density at radius 1 is 1.23 bits per heavy atom. The first-order valence-corrected chi connectivity index (χ1v) is 10.3. The first-order valence-electron chi connectivity index (χ1n) is 10.3. The Bertz CT molecular complexity index is 681. The van der Waals surface area contributed by atoms with Gasteiger partial charge in [-0.15, -0.1) is 0 Å². The van der Waals surface area contributed by atoms with Gasteiger partial charge < -0.3 is 24.6 Å². The summed E-state index contributed by atoms with van der Waals surface area (Å²) in [6, 6.07) is 7.47. The summed E-state index contributed by atoms with van der Waals surface area (Å²) in [6.07, 6.45) is 3.24. The number of allylic oxidation sites excluding steroid dienone is 1. The molecule has 0 aliphatic heterocycles. The van der Waals surface area contributed by atoms with Crippen LogP contribution in [0.5, 0.6) is 5.75 Å². The Hall–Kier alpha value is -2.31. The summed E-state index contributed by atoms with van der Waals surface area (Å²) in [4.78, 5) is 12.6. The maximum absolute atomic E-state index is 12.6. The van der Waals surface area contributed by atoms with Gasteiger partial charge in [0.1, 0.15) is 31.0 Å². The van der Waals surface area contributed by atoms with Crippen LogP contribution in [0.15, 0.2) is 48.3 Å². The number of benzene rings is 1. The van der Waals surface area contributed by atoms with Gasteiger partial charge in [0, 0.05) is 7.11 Å². The molecule has 6 heteroatoms. The van der Waals surface area contributed by atoms with Gasteiger partial charge in [0.05, 0.1) is 13.0 Å². The third-order valence-corrected chi connectivity index (χ3v) is 4.88. The summed E-state index contributed by atoms with van der Waals surface area (Å²) in [5, 5.41) is 13.3. The van der Waals surface area contributed by atoms with E-state index >= 15 is 0 Å². The minimum absolute atomic E-state index is 0.125. The van der Waals surface area contributed by atoms with E-state index in [1.165, 1.54) is 7.11 Å². The lowest BCUT2D eigenvalue weighted by Gasteiger charge is -2.22. The van der Waals surface area contributed by atoms with Gasteiger partial charge in [-0.2, -0.15) is 0 Å². The van der Waals surface area contributed by atoms with E-state index in [2.05, 4.69) is 31.8 Å². The van der Waals surface area contributed by atoms with E-state index in [-0.39, 0.29) is 31.4 Å². The molecule has 0 unspecified atom stereocenters. The molecular weight excluding hydrogens is 382 g/mol. The van der Waals surface area contributed by atoms with Crippen LogP contribution in [0.2, 0.25) is 0 Å². The fourth-order valence-electron chi connectivity index (χ4n) is 2.90. The number of carbonyl (C=O) groups excluding carboxylic acids is 1. The van der Waals surface area contributed by atoms with Crippen molar-refractivity contribution >= 4 is 5.91 Å². The molecule has 0 aliphatic carbocycles. The number of rotatable bonds is 14. The summed E-state index contributed by atoms with van der Waals surface area (Å²) >= 11 is 0. The molecule has 2 atom stereocenters. The van der Waals surface area contributed by atoms with Gasteiger partial charge in [-0.1, -0.05) is 44.2 Å². The Balaban J connectivity index is 2.71. The van der Waals surface area contributed by atoms with Crippen LogP contribution in [-0.2, 0) is 20.9 Å². The highest BCUT2D eigenvalue weighted by molar-refractivity contribution is 5.81. The average Bonchev–Trinajstić information content (AvgIpc) is 2.73. The first kappa shape index (κ1) is 25.7. The summed E-state index contributed by atoms with van der Waals surface area (Å²) in [5.74, 6) is 0.930. The van der Waals surface area contributed by atoms with Crippen molar-refractivity contribution in [1.29, 1.82) is 0 Å². The summed E-state index contributed by atoms with van der Waals surface area (Å²) in [7, 11) is 3.13. The van der Waals surface area contributed by atoms with Crippen LogP contribution < -0.4 is 10.1 Å². The topological polar surface area (TPSA) is 77.0 Å². The highest BCUT2D eigenvalue weighted by atomic mass is 16.5. The van der Waals surface area contributed by atoms with Crippen LogP contribution in [0.25, 0.3) is 0 Å². The number of nitrogens with one attached hydrogen (secondary N) is 1. The smallest absolute Gasteiger partial charge is 0.229 e. The standard InChI is InChI=1S/C24H37NO5/c1-17(2)8-7-9-18(3)22(24(27)25-16-28-5)14-23(26)19(4)30-15-20-10-12-21(29-6)13-11-20/h9-13,17,22-23,26H,4,7-8,14-16H2,1-3,5-6H3,(H,25,27)/t22-,23+/m0/s1. The normalized spacial score (nSPS) is 13.6. The fraction of sp³-hybridized carbons (Fsp3) is 0.542. The average molecular weight is 420 g/mol. The Morgan fingerprint density at radius 2 is 1.90 bits per heavy atom. The molecule has 0 spiro atoms. The molecule has 0 heterocycles.